The Bertz CT molecular complexity index is 1840. The molecule has 2 aromatic carbocycles. The summed E-state index contributed by atoms with van der Waals surface area (Å²) in [7, 11) is 1.76. The molecule has 0 spiro atoms. The van der Waals surface area contributed by atoms with Gasteiger partial charge >= 0.3 is 0 Å². The van der Waals surface area contributed by atoms with Gasteiger partial charge in [0.05, 0.1) is 39.1 Å². The Balaban J connectivity index is 1.49. The van der Waals surface area contributed by atoms with Crippen LogP contribution >= 0.6 is 11.6 Å². The van der Waals surface area contributed by atoms with Crippen LogP contribution in [-0.2, 0) is 7.05 Å². The number of fused-ring (bicyclic) bond motifs is 2. The third kappa shape index (κ3) is 5.13. The monoisotopic (exact) mass is 582 g/mol. The predicted molar refractivity (Wildman–Crippen MR) is 169 cm³/mol. The molecule has 0 saturated heterocycles. The zero-order valence-electron chi connectivity index (χ0n) is 24.5. The number of pyridine rings is 2. The van der Waals surface area contributed by atoms with Gasteiger partial charge in [-0.1, -0.05) is 44.5 Å². The van der Waals surface area contributed by atoms with Gasteiger partial charge in [0.15, 0.2) is 0 Å². The van der Waals surface area contributed by atoms with Crippen molar-refractivity contribution in [3.8, 4) is 6.07 Å². The number of hydrogen-bond acceptors (Lipinski definition) is 8. The van der Waals surface area contributed by atoms with Gasteiger partial charge in [-0.15, -0.1) is 5.53 Å². The van der Waals surface area contributed by atoms with E-state index in [1.807, 2.05) is 36.4 Å². The van der Waals surface area contributed by atoms with E-state index in [4.69, 9.17) is 11.6 Å². The van der Waals surface area contributed by atoms with E-state index in [1.54, 1.807) is 24.0 Å². The van der Waals surface area contributed by atoms with Crippen molar-refractivity contribution < 1.29 is 0 Å². The molecule has 4 aromatic rings. The van der Waals surface area contributed by atoms with E-state index in [0.29, 0.717) is 33.7 Å². The van der Waals surface area contributed by atoms with Crippen LogP contribution in [0.15, 0.2) is 65.5 Å². The zero-order valence-corrected chi connectivity index (χ0v) is 25.2. The summed E-state index contributed by atoms with van der Waals surface area (Å²) < 4.78 is 1.59. The molecule has 1 atom stereocenters. The Labute approximate surface area is 250 Å². The van der Waals surface area contributed by atoms with Crippen LogP contribution in [0.5, 0.6) is 0 Å². The minimum atomic E-state index is -0.354. The summed E-state index contributed by atoms with van der Waals surface area (Å²) in [5.41, 5.74) is 11.1. The van der Waals surface area contributed by atoms with Gasteiger partial charge in [-0.25, -0.2) is 0 Å². The first-order valence-electron chi connectivity index (χ1n) is 14.1. The van der Waals surface area contributed by atoms with Crippen LogP contribution in [-0.4, -0.2) is 26.6 Å². The molecule has 4 N–H and O–H groups in total. The molecule has 1 aliphatic carbocycles. The Morgan fingerprint density at radius 2 is 1.98 bits per heavy atom. The molecular weight excluding hydrogens is 548 g/mol. The largest absolute Gasteiger partial charge is 0.383 e. The van der Waals surface area contributed by atoms with Crippen LogP contribution < -0.4 is 27.2 Å². The number of anilines is 2. The summed E-state index contributed by atoms with van der Waals surface area (Å²) in [5.74, 6) is 0. The van der Waals surface area contributed by atoms with Crippen LogP contribution in [0.25, 0.3) is 21.7 Å². The number of halogens is 1. The number of aromatic nitrogens is 2. The lowest BCUT2D eigenvalue weighted by atomic mass is 9.96. The van der Waals surface area contributed by atoms with Crippen molar-refractivity contribution in [3.63, 3.8) is 0 Å². The van der Waals surface area contributed by atoms with E-state index in [0.717, 1.165) is 40.6 Å². The van der Waals surface area contributed by atoms with Crippen LogP contribution in [0.3, 0.4) is 0 Å². The second kappa shape index (κ2) is 10.2. The van der Waals surface area contributed by atoms with Gasteiger partial charge in [0.25, 0.3) is 5.56 Å². The molecule has 10 heteroatoms. The van der Waals surface area contributed by atoms with Gasteiger partial charge in [-0.2, -0.15) is 5.26 Å². The number of aryl methyl sites for hydroxylation is 1. The molecule has 1 fully saturated rings. The van der Waals surface area contributed by atoms with Crippen molar-refractivity contribution in [1.29, 1.82) is 5.26 Å². The molecule has 9 nitrogen and oxygen atoms in total. The number of nitrogens with one attached hydrogen (secondary N) is 4. The summed E-state index contributed by atoms with van der Waals surface area (Å²) >= 11 is 6.83. The Morgan fingerprint density at radius 3 is 2.69 bits per heavy atom. The maximum Gasteiger partial charge on any atom is 0.258 e. The van der Waals surface area contributed by atoms with Gasteiger partial charge in [0.1, 0.15) is 6.07 Å². The fraction of sp³-hybridized carbons (Fsp3) is 0.344. The van der Waals surface area contributed by atoms with Crippen molar-refractivity contribution in [2.45, 2.75) is 52.1 Å². The molecule has 1 saturated carbocycles. The Kier molecular flexibility index (Phi) is 6.79. The molecule has 2 aliphatic rings. The number of rotatable bonds is 7. The number of benzene rings is 2. The highest BCUT2D eigenvalue weighted by molar-refractivity contribution is 6.35. The average molecular weight is 583 g/mol. The van der Waals surface area contributed by atoms with Crippen molar-refractivity contribution >= 4 is 44.7 Å². The molecular formula is C32H35ClN8O. The van der Waals surface area contributed by atoms with E-state index < -0.39 is 0 Å². The average Bonchev–Trinajstić information content (AvgIpc) is 3.50. The highest BCUT2D eigenvalue weighted by atomic mass is 35.5. The maximum atomic E-state index is 13.0. The zero-order chi connectivity index (χ0) is 29.8. The van der Waals surface area contributed by atoms with Crippen molar-refractivity contribution in [1.82, 2.24) is 25.5 Å². The molecule has 0 unspecified atom stereocenters. The lowest BCUT2D eigenvalue weighted by Gasteiger charge is -2.24. The lowest BCUT2D eigenvalue weighted by molar-refractivity contribution is 0.190. The van der Waals surface area contributed by atoms with E-state index in [-0.39, 0.29) is 22.6 Å². The van der Waals surface area contributed by atoms with E-state index in [1.165, 1.54) is 0 Å². The lowest BCUT2D eigenvalue weighted by Crippen LogP contribution is -2.43. The van der Waals surface area contributed by atoms with E-state index in [2.05, 4.69) is 71.6 Å². The van der Waals surface area contributed by atoms with E-state index >= 15 is 0 Å². The molecule has 6 rings (SSSR count). The van der Waals surface area contributed by atoms with E-state index in [9.17, 15) is 10.1 Å². The highest BCUT2D eigenvalue weighted by Gasteiger charge is 2.44. The topological polar surface area (TPSA) is 110 Å². The first kappa shape index (κ1) is 27.9. The summed E-state index contributed by atoms with van der Waals surface area (Å²) in [6, 6.07) is 13.6. The minimum absolute atomic E-state index is 0.00379. The molecule has 1 aliphatic heterocycles. The molecule has 3 heterocycles. The maximum absolute atomic E-state index is 13.0. The molecule has 0 amide bonds. The summed E-state index contributed by atoms with van der Waals surface area (Å²) in [6.45, 7) is 9.30. The van der Waals surface area contributed by atoms with Gasteiger partial charge in [0.2, 0.25) is 0 Å². The highest BCUT2D eigenvalue weighted by Crippen LogP contribution is 2.43. The second-order valence-corrected chi connectivity index (χ2v) is 13.1. The summed E-state index contributed by atoms with van der Waals surface area (Å²) in [6.07, 6.45) is 7.67. The number of nitriles is 1. The minimum Gasteiger partial charge on any atom is -0.383 e. The van der Waals surface area contributed by atoms with Gasteiger partial charge in [-0.05, 0) is 60.4 Å². The van der Waals surface area contributed by atoms with Crippen LogP contribution in [0, 0.1) is 16.7 Å². The predicted octanol–water partition coefficient (Wildman–Crippen LogP) is 5.94. The fourth-order valence-corrected chi connectivity index (χ4v) is 5.57. The number of nitrogens with zero attached hydrogens (tertiary/aromatic N) is 4. The van der Waals surface area contributed by atoms with Crippen molar-refractivity contribution in [3.05, 3.63) is 87.2 Å². The summed E-state index contributed by atoms with van der Waals surface area (Å²) in [4.78, 5) is 17.5. The normalized spacial score (nSPS) is 16.6. The molecule has 42 heavy (non-hydrogen) atoms. The fourth-order valence-electron chi connectivity index (χ4n) is 5.30. The first-order valence-corrected chi connectivity index (χ1v) is 14.5. The van der Waals surface area contributed by atoms with Crippen LogP contribution in [0.1, 0.15) is 57.7 Å². The van der Waals surface area contributed by atoms with Gasteiger partial charge in [-0.3, -0.25) is 14.8 Å². The third-order valence-electron chi connectivity index (χ3n) is 8.07. The SMILES string of the molecule is Cn1ccc2c([C@H](Nc3cc(Cl)c4ncc(C#N)c(NCC(C)(C)C)c4c3)C3=CN(C4(C)CC4)NN3)cccc2c1=O. The first-order chi connectivity index (χ1) is 20.0. The molecule has 2 aromatic heterocycles. The second-order valence-electron chi connectivity index (χ2n) is 12.7. The van der Waals surface area contributed by atoms with Crippen LogP contribution in [0.2, 0.25) is 5.02 Å². The quantitative estimate of drug-likeness (QED) is 0.212. The smallest absolute Gasteiger partial charge is 0.258 e. The molecule has 0 radical (unpaired) electrons. The molecule has 0 bridgehead atoms. The number of hydrazine groups is 2. The van der Waals surface area contributed by atoms with Crippen molar-refractivity contribution in [2.24, 2.45) is 12.5 Å². The van der Waals surface area contributed by atoms with Gasteiger partial charge < -0.3 is 20.6 Å². The third-order valence-corrected chi connectivity index (χ3v) is 8.36. The Hall–Kier alpha value is -4.26. The van der Waals surface area contributed by atoms with Crippen molar-refractivity contribution in [2.75, 3.05) is 17.2 Å². The van der Waals surface area contributed by atoms with Gasteiger partial charge in [0, 0.05) is 48.6 Å². The number of hydrogen-bond donors (Lipinski definition) is 4. The standard InChI is InChI=1S/C32H35ClN8O/c1-31(2,3)18-36-27-19(15-34)16-35-28-24(27)13-20(14-25(28)33)37-29(26-17-41(39-38-26)32(4)10-11-32)22-7-6-8-23-21(22)9-12-40(5)30(23)42/h6-9,12-14,16-17,29,37-39H,10-11,18H2,1-5H3,(H,35,36)/t29-/m0/s1. The molecule has 216 valence electrons. The van der Waals surface area contributed by atoms with Crippen LogP contribution in [0.4, 0.5) is 11.4 Å². The summed E-state index contributed by atoms with van der Waals surface area (Å²) in [5, 5.41) is 21.9. The Morgan fingerprint density at radius 1 is 1.19 bits per heavy atom.